The van der Waals surface area contributed by atoms with E-state index in [1.54, 1.807) is 19.2 Å². The van der Waals surface area contributed by atoms with Crippen LogP contribution in [0.2, 0.25) is 0 Å². The molecule has 2 amide bonds. The fourth-order valence-electron chi connectivity index (χ4n) is 4.36. The number of anilines is 1. The molecule has 3 N–H and O–H groups in total. The minimum Gasteiger partial charge on any atom is -0.390 e. The SMILES string of the molecule is CC(=O)N1CCC(Nc2cc(C(=O)NCC(O)CN3CCc4cnccc4C3)ncn2)CC1. The highest BCUT2D eigenvalue weighted by molar-refractivity contribution is 5.92. The predicted octanol–water partition coefficient (Wildman–Crippen LogP) is 0.443. The van der Waals surface area contributed by atoms with E-state index in [0.717, 1.165) is 32.4 Å². The first kappa shape index (κ1) is 23.1. The van der Waals surface area contributed by atoms with E-state index >= 15 is 0 Å². The summed E-state index contributed by atoms with van der Waals surface area (Å²) < 4.78 is 0. The summed E-state index contributed by atoms with van der Waals surface area (Å²) in [6.07, 6.45) is 6.94. The number of aliphatic hydroxyl groups is 1. The smallest absolute Gasteiger partial charge is 0.270 e. The fraction of sp³-hybridized carbons (Fsp3) is 0.522. The minimum absolute atomic E-state index is 0.0963. The summed E-state index contributed by atoms with van der Waals surface area (Å²) in [6.45, 7) is 5.27. The maximum absolute atomic E-state index is 12.6. The van der Waals surface area contributed by atoms with E-state index in [9.17, 15) is 14.7 Å². The van der Waals surface area contributed by atoms with Crippen LogP contribution in [0.25, 0.3) is 0 Å². The zero-order chi connectivity index (χ0) is 23.2. The number of pyridine rings is 1. The van der Waals surface area contributed by atoms with Crippen LogP contribution in [0.15, 0.2) is 30.9 Å². The maximum atomic E-state index is 12.6. The van der Waals surface area contributed by atoms with Crippen molar-refractivity contribution in [3.63, 3.8) is 0 Å². The maximum Gasteiger partial charge on any atom is 0.270 e. The van der Waals surface area contributed by atoms with Gasteiger partial charge in [0.2, 0.25) is 5.91 Å². The van der Waals surface area contributed by atoms with Crippen molar-refractivity contribution in [2.24, 2.45) is 0 Å². The number of nitrogens with zero attached hydrogens (tertiary/aromatic N) is 5. The van der Waals surface area contributed by atoms with Crippen LogP contribution < -0.4 is 10.6 Å². The number of likely N-dealkylation sites (tertiary alicyclic amines) is 1. The Morgan fingerprint density at radius 3 is 2.82 bits per heavy atom. The molecule has 2 aliphatic rings. The number of piperidine rings is 1. The number of β-amino-alcohol motifs (C(OH)–C–C–N with tert-alkyl or cyclic N) is 1. The first-order chi connectivity index (χ1) is 16.0. The molecule has 1 saturated heterocycles. The van der Waals surface area contributed by atoms with Crippen LogP contribution in [0, 0.1) is 0 Å². The summed E-state index contributed by atoms with van der Waals surface area (Å²) in [6, 6.07) is 3.83. The second-order valence-corrected chi connectivity index (χ2v) is 8.71. The van der Waals surface area contributed by atoms with E-state index in [1.807, 2.05) is 17.2 Å². The van der Waals surface area contributed by atoms with Gasteiger partial charge in [-0.15, -0.1) is 0 Å². The van der Waals surface area contributed by atoms with E-state index in [1.165, 1.54) is 17.5 Å². The molecular formula is C23H31N7O3. The molecule has 33 heavy (non-hydrogen) atoms. The molecule has 0 aliphatic carbocycles. The van der Waals surface area contributed by atoms with Gasteiger partial charge in [0.25, 0.3) is 5.91 Å². The van der Waals surface area contributed by atoms with Crippen molar-refractivity contribution in [2.75, 3.05) is 38.0 Å². The standard InChI is InChI=1S/C23H31N7O3/c1-16(31)30-8-4-19(5-9-30)28-22-10-21(26-15-27-22)23(33)25-12-20(32)14-29-7-3-17-11-24-6-2-18(17)13-29/h2,6,10-11,15,19-20,32H,3-5,7-9,12-14H2,1H3,(H,25,33)(H,26,27,28). The summed E-state index contributed by atoms with van der Waals surface area (Å²) in [5, 5.41) is 16.5. The van der Waals surface area contributed by atoms with Gasteiger partial charge in [-0.05, 0) is 36.5 Å². The van der Waals surface area contributed by atoms with Gasteiger partial charge in [-0.3, -0.25) is 19.5 Å². The number of carbonyl (C=O) groups excluding carboxylic acids is 2. The van der Waals surface area contributed by atoms with Crippen LogP contribution in [0.1, 0.15) is 41.4 Å². The highest BCUT2D eigenvalue weighted by Crippen LogP contribution is 2.18. The Morgan fingerprint density at radius 2 is 2.03 bits per heavy atom. The Labute approximate surface area is 193 Å². The summed E-state index contributed by atoms with van der Waals surface area (Å²) in [5.41, 5.74) is 2.75. The van der Waals surface area contributed by atoms with Crippen LogP contribution in [-0.4, -0.2) is 86.5 Å². The molecule has 4 rings (SSSR count). The molecule has 0 spiro atoms. The van der Waals surface area contributed by atoms with Crippen molar-refractivity contribution >= 4 is 17.6 Å². The van der Waals surface area contributed by atoms with Gasteiger partial charge in [0, 0.05) is 70.7 Å². The Balaban J connectivity index is 1.23. The van der Waals surface area contributed by atoms with Gasteiger partial charge >= 0.3 is 0 Å². The number of rotatable bonds is 7. The van der Waals surface area contributed by atoms with E-state index < -0.39 is 6.10 Å². The van der Waals surface area contributed by atoms with Crippen molar-refractivity contribution in [2.45, 2.75) is 44.9 Å². The molecule has 2 aromatic rings. The second-order valence-electron chi connectivity index (χ2n) is 8.71. The van der Waals surface area contributed by atoms with Gasteiger partial charge in [0.05, 0.1) is 6.10 Å². The molecule has 0 bridgehead atoms. The minimum atomic E-state index is -0.678. The first-order valence-electron chi connectivity index (χ1n) is 11.4. The number of hydrogen-bond acceptors (Lipinski definition) is 8. The molecule has 2 aromatic heterocycles. The van der Waals surface area contributed by atoms with E-state index in [4.69, 9.17) is 0 Å². The Morgan fingerprint density at radius 1 is 1.21 bits per heavy atom. The van der Waals surface area contributed by atoms with E-state index in [-0.39, 0.29) is 30.1 Å². The third-order valence-electron chi connectivity index (χ3n) is 6.26. The molecule has 1 unspecified atom stereocenters. The fourth-order valence-corrected chi connectivity index (χ4v) is 4.36. The van der Waals surface area contributed by atoms with Crippen LogP contribution >= 0.6 is 0 Å². The van der Waals surface area contributed by atoms with Crippen molar-refractivity contribution in [3.05, 3.63) is 47.7 Å². The van der Waals surface area contributed by atoms with Gasteiger partial charge < -0.3 is 20.6 Å². The van der Waals surface area contributed by atoms with Gasteiger partial charge in [0.1, 0.15) is 17.8 Å². The zero-order valence-corrected chi connectivity index (χ0v) is 18.9. The molecule has 1 fully saturated rings. The normalized spacial score (nSPS) is 17.8. The Kier molecular flexibility index (Phi) is 7.46. The number of amides is 2. The third-order valence-corrected chi connectivity index (χ3v) is 6.26. The lowest BCUT2D eigenvalue weighted by molar-refractivity contribution is -0.129. The molecule has 0 saturated carbocycles. The third kappa shape index (κ3) is 6.23. The predicted molar refractivity (Wildman–Crippen MR) is 122 cm³/mol. The highest BCUT2D eigenvalue weighted by atomic mass is 16.3. The average molecular weight is 454 g/mol. The topological polar surface area (TPSA) is 124 Å². The van der Waals surface area contributed by atoms with Gasteiger partial charge in [-0.1, -0.05) is 0 Å². The van der Waals surface area contributed by atoms with Gasteiger partial charge in [0.15, 0.2) is 0 Å². The van der Waals surface area contributed by atoms with E-state index in [0.29, 0.717) is 25.5 Å². The average Bonchev–Trinajstić information content (AvgIpc) is 2.83. The zero-order valence-electron chi connectivity index (χ0n) is 18.9. The number of carbonyl (C=O) groups is 2. The molecule has 10 heteroatoms. The molecule has 0 aromatic carbocycles. The lowest BCUT2D eigenvalue weighted by atomic mass is 10.0. The summed E-state index contributed by atoms with van der Waals surface area (Å²) in [4.78, 5) is 40.5. The van der Waals surface area contributed by atoms with Crippen molar-refractivity contribution in [1.29, 1.82) is 0 Å². The summed E-state index contributed by atoms with van der Waals surface area (Å²) in [5.74, 6) is 0.332. The quantitative estimate of drug-likeness (QED) is 0.552. The molecule has 10 nitrogen and oxygen atoms in total. The van der Waals surface area contributed by atoms with Gasteiger partial charge in [-0.2, -0.15) is 0 Å². The largest absolute Gasteiger partial charge is 0.390 e. The molecule has 1 atom stereocenters. The molecule has 176 valence electrons. The lowest BCUT2D eigenvalue weighted by Gasteiger charge is -2.31. The monoisotopic (exact) mass is 453 g/mol. The number of aromatic nitrogens is 3. The Hall–Kier alpha value is -3.11. The summed E-state index contributed by atoms with van der Waals surface area (Å²) >= 11 is 0. The first-order valence-corrected chi connectivity index (χ1v) is 11.4. The second kappa shape index (κ2) is 10.7. The molecule has 0 radical (unpaired) electrons. The van der Waals surface area contributed by atoms with Crippen LogP contribution in [0.4, 0.5) is 5.82 Å². The number of fused-ring (bicyclic) bond motifs is 1. The molecular weight excluding hydrogens is 422 g/mol. The Bertz CT molecular complexity index is 978. The van der Waals surface area contributed by atoms with Crippen LogP contribution in [0.3, 0.4) is 0 Å². The van der Waals surface area contributed by atoms with Crippen molar-refractivity contribution in [3.8, 4) is 0 Å². The molecule has 4 heterocycles. The lowest BCUT2D eigenvalue weighted by Crippen LogP contribution is -2.42. The highest BCUT2D eigenvalue weighted by Gasteiger charge is 2.22. The van der Waals surface area contributed by atoms with Gasteiger partial charge in [-0.25, -0.2) is 9.97 Å². The van der Waals surface area contributed by atoms with Crippen LogP contribution in [-0.2, 0) is 17.8 Å². The molecule has 2 aliphatic heterocycles. The number of hydrogen-bond donors (Lipinski definition) is 3. The van der Waals surface area contributed by atoms with Crippen LogP contribution in [0.5, 0.6) is 0 Å². The summed E-state index contributed by atoms with van der Waals surface area (Å²) in [7, 11) is 0. The number of nitrogens with one attached hydrogen (secondary N) is 2. The van der Waals surface area contributed by atoms with Crippen molar-refractivity contribution in [1.82, 2.24) is 30.1 Å². The number of aliphatic hydroxyl groups excluding tert-OH is 1. The van der Waals surface area contributed by atoms with Crippen molar-refractivity contribution < 1.29 is 14.7 Å². The van der Waals surface area contributed by atoms with E-state index in [2.05, 4.69) is 30.5 Å².